The van der Waals surface area contributed by atoms with Gasteiger partial charge in [-0.25, -0.2) is 14.2 Å². The smallest absolute Gasteiger partial charge is 0.411 e. The van der Waals surface area contributed by atoms with E-state index in [-0.39, 0.29) is 46.3 Å². The van der Waals surface area contributed by atoms with Crippen LogP contribution in [0.2, 0.25) is 0 Å². The molecule has 0 saturated carbocycles. The van der Waals surface area contributed by atoms with Crippen LogP contribution in [0.3, 0.4) is 0 Å². The number of hydrogen-bond acceptors (Lipinski definition) is 4. The molecule has 4 aromatic rings. The minimum Gasteiger partial charge on any atom is -0.465 e. The summed E-state index contributed by atoms with van der Waals surface area (Å²) in [6, 6.07) is 15.4. The highest BCUT2D eigenvalue weighted by molar-refractivity contribution is 6.12. The number of amides is 2. The molecular formula is C24H16ClFN4O4. The first-order chi connectivity index (χ1) is 15.8. The summed E-state index contributed by atoms with van der Waals surface area (Å²) >= 11 is 0. The molecule has 2 heterocycles. The Labute approximate surface area is 198 Å². The number of aliphatic hydroxyl groups is 1. The molecule has 34 heavy (non-hydrogen) atoms. The van der Waals surface area contributed by atoms with Crippen molar-refractivity contribution in [3.63, 3.8) is 0 Å². The number of carbonyl (C=O) groups excluding carboxylic acids is 1. The van der Waals surface area contributed by atoms with Crippen LogP contribution in [0.15, 0.2) is 60.7 Å². The summed E-state index contributed by atoms with van der Waals surface area (Å²) < 4.78 is 15.2. The molecule has 0 spiro atoms. The first kappa shape index (κ1) is 22.8. The average molecular weight is 479 g/mol. The third-order valence-corrected chi connectivity index (χ3v) is 5.54. The van der Waals surface area contributed by atoms with Gasteiger partial charge in [0.2, 0.25) is 5.95 Å². The standard InChI is InChI=1S/C24H15FN4O4.ClH/c1-2-13-6-5-9-19(20(13)25)29-21(30)15-7-3-4-8-16(15)24(29,33)14-10-11-17-18(12-14)27-22(26-17)28-23(31)32;/h1,3-12,33H,(H,31,32)(H2,26,27,28);1H. The number of hydrogen-bond donors (Lipinski definition) is 4. The van der Waals surface area contributed by atoms with Crippen molar-refractivity contribution in [2.24, 2.45) is 0 Å². The number of benzene rings is 3. The molecule has 1 atom stereocenters. The number of rotatable bonds is 3. The van der Waals surface area contributed by atoms with Crippen molar-refractivity contribution in [3.05, 3.63) is 88.7 Å². The van der Waals surface area contributed by atoms with E-state index >= 15 is 4.39 Å². The lowest BCUT2D eigenvalue weighted by molar-refractivity contribution is 0.0699. The highest BCUT2D eigenvalue weighted by atomic mass is 35.5. The molecule has 10 heteroatoms. The topological polar surface area (TPSA) is 119 Å². The molecule has 5 rings (SSSR count). The van der Waals surface area contributed by atoms with E-state index in [1.165, 1.54) is 24.3 Å². The van der Waals surface area contributed by atoms with Crippen LogP contribution in [0, 0.1) is 18.2 Å². The molecule has 8 nitrogen and oxygen atoms in total. The second-order valence-corrected chi connectivity index (χ2v) is 7.39. The zero-order valence-corrected chi connectivity index (χ0v) is 18.1. The lowest BCUT2D eigenvalue weighted by atomic mass is 9.93. The molecule has 1 aliphatic rings. The molecular weight excluding hydrogens is 463 g/mol. The summed E-state index contributed by atoms with van der Waals surface area (Å²) in [6.07, 6.45) is 4.11. The lowest BCUT2D eigenvalue weighted by Crippen LogP contribution is -2.45. The zero-order chi connectivity index (χ0) is 23.3. The van der Waals surface area contributed by atoms with Gasteiger partial charge in [-0.05, 0) is 30.3 Å². The molecule has 2 amide bonds. The van der Waals surface area contributed by atoms with E-state index in [1.54, 1.807) is 36.4 Å². The van der Waals surface area contributed by atoms with Crippen molar-refractivity contribution in [2.75, 3.05) is 10.2 Å². The first-order valence-corrected chi connectivity index (χ1v) is 9.76. The number of H-pyrrole nitrogens is 1. The maximum Gasteiger partial charge on any atom is 0.411 e. The van der Waals surface area contributed by atoms with E-state index in [9.17, 15) is 14.7 Å². The van der Waals surface area contributed by atoms with Crippen LogP contribution < -0.4 is 10.2 Å². The highest BCUT2D eigenvalue weighted by Crippen LogP contribution is 2.46. The Morgan fingerprint density at radius 1 is 1.18 bits per heavy atom. The van der Waals surface area contributed by atoms with Crippen molar-refractivity contribution in [2.45, 2.75) is 5.72 Å². The average Bonchev–Trinajstić information content (AvgIpc) is 3.30. The summed E-state index contributed by atoms with van der Waals surface area (Å²) in [6.45, 7) is 0. The fourth-order valence-corrected chi connectivity index (χ4v) is 4.12. The molecule has 1 aromatic heterocycles. The summed E-state index contributed by atoms with van der Waals surface area (Å²) in [5, 5.41) is 23.1. The lowest BCUT2D eigenvalue weighted by Gasteiger charge is -2.35. The number of carboxylic acid groups (broad SMARTS) is 1. The molecule has 0 aliphatic carbocycles. The Hall–Kier alpha value is -4.39. The van der Waals surface area contributed by atoms with Crippen LogP contribution in [-0.2, 0) is 5.72 Å². The fraction of sp³-hybridized carbons (Fsp3) is 0.0417. The Bertz CT molecular complexity index is 1510. The molecule has 4 N–H and O–H groups in total. The molecule has 1 unspecified atom stereocenters. The van der Waals surface area contributed by atoms with Gasteiger partial charge in [0.25, 0.3) is 5.91 Å². The van der Waals surface area contributed by atoms with E-state index in [0.29, 0.717) is 11.0 Å². The van der Waals surface area contributed by atoms with Crippen LogP contribution in [0.25, 0.3) is 11.0 Å². The highest BCUT2D eigenvalue weighted by Gasteiger charge is 2.51. The van der Waals surface area contributed by atoms with Crippen LogP contribution in [0.5, 0.6) is 0 Å². The number of nitrogens with one attached hydrogen (secondary N) is 2. The molecule has 3 aromatic carbocycles. The van der Waals surface area contributed by atoms with Gasteiger partial charge >= 0.3 is 6.09 Å². The van der Waals surface area contributed by atoms with Crippen molar-refractivity contribution >= 4 is 47.1 Å². The maximum absolute atomic E-state index is 15.2. The first-order valence-electron chi connectivity index (χ1n) is 9.76. The van der Waals surface area contributed by atoms with Crippen LogP contribution >= 0.6 is 12.4 Å². The second-order valence-electron chi connectivity index (χ2n) is 7.39. The van der Waals surface area contributed by atoms with E-state index in [2.05, 4.69) is 21.2 Å². The Balaban J connectivity index is 0.00000274. The number of halogens is 2. The van der Waals surface area contributed by atoms with Crippen molar-refractivity contribution in [1.29, 1.82) is 0 Å². The third-order valence-electron chi connectivity index (χ3n) is 5.54. The van der Waals surface area contributed by atoms with Gasteiger partial charge in [0.15, 0.2) is 11.5 Å². The van der Waals surface area contributed by atoms with Gasteiger partial charge in [-0.15, -0.1) is 18.8 Å². The molecule has 0 radical (unpaired) electrons. The van der Waals surface area contributed by atoms with Crippen LogP contribution in [0.1, 0.15) is 27.0 Å². The zero-order valence-electron chi connectivity index (χ0n) is 17.2. The van der Waals surface area contributed by atoms with Crippen LogP contribution in [0.4, 0.5) is 20.8 Å². The van der Waals surface area contributed by atoms with E-state index in [4.69, 9.17) is 11.5 Å². The van der Waals surface area contributed by atoms with Gasteiger partial charge in [-0.1, -0.05) is 36.3 Å². The van der Waals surface area contributed by atoms with Crippen LogP contribution in [-0.4, -0.2) is 32.2 Å². The summed E-state index contributed by atoms with van der Waals surface area (Å²) in [4.78, 5) is 32.2. The van der Waals surface area contributed by atoms with Gasteiger partial charge in [-0.3, -0.25) is 15.0 Å². The number of carbonyl (C=O) groups is 2. The summed E-state index contributed by atoms with van der Waals surface area (Å²) in [5.41, 5.74) is -0.744. The van der Waals surface area contributed by atoms with Crippen molar-refractivity contribution in [3.8, 4) is 12.3 Å². The predicted octanol–water partition coefficient (Wildman–Crippen LogP) is 4.05. The SMILES string of the molecule is C#Cc1cccc(N2C(=O)c3ccccc3C2(O)c2ccc3nc(NC(=O)O)[nH]c3c2)c1F.Cl. The Kier molecular flexibility index (Phi) is 5.49. The number of imidazole rings is 1. The van der Waals surface area contributed by atoms with E-state index in [0.717, 1.165) is 4.90 Å². The Morgan fingerprint density at radius 3 is 2.68 bits per heavy atom. The minimum absolute atomic E-state index is 0. The monoisotopic (exact) mass is 478 g/mol. The van der Waals surface area contributed by atoms with Gasteiger partial charge < -0.3 is 15.2 Å². The number of nitrogens with zero attached hydrogens (tertiary/aromatic N) is 2. The molecule has 170 valence electrons. The predicted molar refractivity (Wildman–Crippen MR) is 126 cm³/mol. The fourth-order valence-electron chi connectivity index (χ4n) is 4.12. The van der Waals surface area contributed by atoms with Gasteiger partial charge in [0.1, 0.15) is 0 Å². The molecule has 0 fully saturated rings. The quantitative estimate of drug-likeness (QED) is 0.331. The van der Waals surface area contributed by atoms with Gasteiger partial charge in [0, 0.05) is 16.7 Å². The Morgan fingerprint density at radius 2 is 1.94 bits per heavy atom. The number of aromatic amines is 1. The van der Waals surface area contributed by atoms with Crippen molar-refractivity contribution < 1.29 is 24.2 Å². The number of aromatic nitrogens is 2. The van der Waals surface area contributed by atoms with Crippen molar-refractivity contribution in [1.82, 2.24) is 9.97 Å². The number of anilines is 2. The molecule has 1 aliphatic heterocycles. The molecule has 0 bridgehead atoms. The number of terminal acetylenes is 1. The minimum atomic E-state index is -2.07. The number of fused-ring (bicyclic) bond motifs is 2. The van der Waals surface area contributed by atoms with Gasteiger partial charge in [0.05, 0.1) is 22.3 Å². The molecule has 0 saturated heterocycles. The largest absolute Gasteiger partial charge is 0.465 e. The second kappa shape index (κ2) is 8.19. The van der Waals surface area contributed by atoms with Gasteiger partial charge in [-0.2, -0.15) is 0 Å². The third kappa shape index (κ3) is 3.25. The summed E-state index contributed by atoms with van der Waals surface area (Å²) in [7, 11) is 0. The van der Waals surface area contributed by atoms with E-state index in [1.807, 2.05) is 0 Å². The van der Waals surface area contributed by atoms with E-state index < -0.39 is 23.5 Å². The normalized spacial score (nSPS) is 16.6. The summed E-state index contributed by atoms with van der Waals surface area (Å²) in [5.74, 6) is 0.828. The maximum atomic E-state index is 15.2.